The van der Waals surface area contributed by atoms with Crippen LogP contribution in [0.15, 0.2) is 53.7 Å². The van der Waals surface area contributed by atoms with E-state index in [2.05, 4.69) is 29.3 Å². The number of para-hydroxylation sites is 1. The highest BCUT2D eigenvalue weighted by Gasteiger charge is 2.10. The Morgan fingerprint density at radius 3 is 2.62 bits per heavy atom. The number of ether oxygens (including phenoxy) is 2. The van der Waals surface area contributed by atoms with E-state index in [0.717, 1.165) is 33.8 Å². The van der Waals surface area contributed by atoms with Gasteiger partial charge >= 0.3 is 0 Å². The van der Waals surface area contributed by atoms with E-state index in [1.165, 1.54) is 5.56 Å². The maximum Gasteiger partial charge on any atom is 0.191 e. The molecule has 2 aromatic carbocycles. The smallest absolute Gasteiger partial charge is 0.191 e. The molecular weight excluding hydrogens is 346 g/mol. The molecule has 0 aliphatic heterocycles. The molecule has 0 atom stereocenters. The first-order valence-electron chi connectivity index (χ1n) is 8.52. The number of rotatable bonds is 8. The first-order chi connectivity index (χ1) is 12.6. The maximum absolute atomic E-state index is 5.92. The van der Waals surface area contributed by atoms with Crippen molar-refractivity contribution in [2.24, 2.45) is 7.05 Å². The highest BCUT2D eigenvalue weighted by atomic mass is 32.2. The van der Waals surface area contributed by atoms with Crippen molar-refractivity contribution in [3.05, 3.63) is 65.5 Å². The van der Waals surface area contributed by atoms with Gasteiger partial charge in [0.25, 0.3) is 0 Å². The summed E-state index contributed by atoms with van der Waals surface area (Å²) in [6, 6.07) is 16.0. The molecule has 1 heterocycles. The minimum atomic E-state index is 0.398. The van der Waals surface area contributed by atoms with Gasteiger partial charge in [-0.3, -0.25) is 0 Å². The Hall–Kier alpha value is -2.47. The highest BCUT2D eigenvalue weighted by Crippen LogP contribution is 2.21. The molecule has 6 heteroatoms. The van der Waals surface area contributed by atoms with Gasteiger partial charge in [0.1, 0.15) is 18.1 Å². The van der Waals surface area contributed by atoms with E-state index in [-0.39, 0.29) is 0 Å². The van der Waals surface area contributed by atoms with Gasteiger partial charge in [-0.05, 0) is 43.2 Å². The predicted molar refractivity (Wildman–Crippen MR) is 104 cm³/mol. The van der Waals surface area contributed by atoms with E-state index in [4.69, 9.17) is 9.47 Å². The molecule has 0 bridgehead atoms. The summed E-state index contributed by atoms with van der Waals surface area (Å²) in [5, 5.41) is 9.36. The van der Waals surface area contributed by atoms with Crippen LogP contribution in [0.4, 0.5) is 0 Å². The van der Waals surface area contributed by atoms with Gasteiger partial charge in [0.15, 0.2) is 11.0 Å². The summed E-state index contributed by atoms with van der Waals surface area (Å²) in [4.78, 5) is 0. The third kappa shape index (κ3) is 4.79. The predicted octanol–water partition coefficient (Wildman–Crippen LogP) is 4.18. The van der Waals surface area contributed by atoms with Gasteiger partial charge in [0.05, 0.1) is 6.61 Å². The minimum absolute atomic E-state index is 0.398. The minimum Gasteiger partial charge on any atom is -0.493 e. The standard InChI is InChI=1S/C20H23N3O2S/c1-15-9-10-16(2)18(13-15)25-14-19-21-22-20(23(19)3)26-12-11-24-17-7-5-4-6-8-17/h4-10,13H,11-12,14H2,1-3H3. The molecule has 0 radical (unpaired) electrons. The summed E-state index contributed by atoms with van der Waals surface area (Å²) < 4.78 is 13.6. The second kappa shape index (κ2) is 8.76. The zero-order chi connectivity index (χ0) is 18.4. The van der Waals surface area contributed by atoms with Crippen LogP contribution in [-0.4, -0.2) is 27.1 Å². The lowest BCUT2D eigenvalue weighted by atomic mass is 10.1. The normalized spacial score (nSPS) is 10.7. The first kappa shape index (κ1) is 18.3. The Labute approximate surface area is 158 Å². The number of nitrogens with zero attached hydrogens (tertiary/aromatic N) is 3. The summed E-state index contributed by atoms with van der Waals surface area (Å²) in [6.07, 6.45) is 0. The average molecular weight is 369 g/mol. The first-order valence-corrected chi connectivity index (χ1v) is 9.51. The molecule has 0 saturated heterocycles. The molecule has 0 fully saturated rings. The lowest BCUT2D eigenvalue weighted by molar-refractivity contribution is 0.288. The van der Waals surface area contributed by atoms with Crippen molar-refractivity contribution in [2.45, 2.75) is 25.6 Å². The second-order valence-corrected chi connectivity index (χ2v) is 7.09. The number of aromatic nitrogens is 3. The molecule has 1 aromatic heterocycles. The fourth-order valence-electron chi connectivity index (χ4n) is 2.41. The Bertz CT molecular complexity index is 850. The Balaban J connectivity index is 1.50. The van der Waals surface area contributed by atoms with Gasteiger partial charge in [-0.15, -0.1) is 10.2 Å². The van der Waals surface area contributed by atoms with Crippen molar-refractivity contribution < 1.29 is 9.47 Å². The van der Waals surface area contributed by atoms with Crippen molar-refractivity contribution in [3.8, 4) is 11.5 Å². The Morgan fingerprint density at radius 2 is 1.81 bits per heavy atom. The van der Waals surface area contributed by atoms with Crippen LogP contribution in [0.2, 0.25) is 0 Å². The molecule has 26 heavy (non-hydrogen) atoms. The average Bonchev–Trinajstić information content (AvgIpc) is 3.00. The van der Waals surface area contributed by atoms with Crippen molar-refractivity contribution in [1.29, 1.82) is 0 Å². The largest absolute Gasteiger partial charge is 0.493 e. The van der Waals surface area contributed by atoms with Gasteiger partial charge < -0.3 is 14.0 Å². The molecule has 136 valence electrons. The topological polar surface area (TPSA) is 49.2 Å². The number of hydrogen-bond acceptors (Lipinski definition) is 5. The van der Waals surface area contributed by atoms with E-state index in [9.17, 15) is 0 Å². The van der Waals surface area contributed by atoms with Gasteiger partial charge in [0, 0.05) is 12.8 Å². The van der Waals surface area contributed by atoms with Crippen molar-refractivity contribution in [2.75, 3.05) is 12.4 Å². The molecule has 5 nitrogen and oxygen atoms in total. The molecule has 3 aromatic rings. The van der Waals surface area contributed by atoms with Crippen molar-refractivity contribution in [3.63, 3.8) is 0 Å². The summed E-state index contributed by atoms with van der Waals surface area (Å²) >= 11 is 1.62. The van der Waals surface area contributed by atoms with Crippen molar-refractivity contribution in [1.82, 2.24) is 14.8 Å². The zero-order valence-electron chi connectivity index (χ0n) is 15.3. The monoisotopic (exact) mass is 369 g/mol. The van der Waals surface area contributed by atoms with Crippen LogP contribution in [0.3, 0.4) is 0 Å². The van der Waals surface area contributed by atoms with Crippen LogP contribution >= 0.6 is 11.8 Å². The Kier molecular flexibility index (Phi) is 6.17. The summed E-state index contributed by atoms with van der Waals surface area (Å²) in [5.74, 6) is 3.38. The molecule has 0 saturated carbocycles. The number of aryl methyl sites for hydroxylation is 2. The van der Waals surface area contributed by atoms with E-state index in [0.29, 0.717) is 13.2 Å². The third-order valence-electron chi connectivity index (χ3n) is 3.95. The van der Waals surface area contributed by atoms with Crippen LogP contribution in [0.5, 0.6) is 11.5 Å². The molecule has 0 aliphatic carbocycles. The van der Waals surface area contributed by atoms with E-state index in [1.54, 1.807) is 11.8 Å². The molecular formula is C20H23N3O2S. The second-order valence-electron chi connectivity index (χ2n) is 6.03. The zero-order valence-corrected chi connectivity index (χ0v) is 16.1. The number of hydrogen-bond donors (Lipinski definition) is 0. The van der Waals surface area contributed by atoms with E-state index < -0.39 is 0 Å². The molecule has 0 spiro atoms. The number of benzene rings is 2. The SMILES string of the molecule is Cc1ccc(C)c(OCc2nnc(SCCOc3ccccc3)n2C)c1. The maximum atomic E-state index is 5.92. The lowest BCUT2D eigenvalue weighted by Crippen LogP contribution is -2.06. The number of thioether (sulfide) groups is 1. The van der Waals surface area contributed by atoms with Crippen LogP contribution in [0.25, 0.3) is 0 Å². The molecule has 3 rings (SSSR count). The lowest BCUT2D eigenvalue weighted by Gasteiger charge is -2.10. The fraction of sp³-hybridized carbons (Fsp3) is 0.300. The molecule has 0 unspecified atom stereocenters. The summed E-state index contributed by atoms with van der Waals surface area (Å²) in [6.45, 7) is 5.12. The molecule has 0 aliphatic rings. The summed E-state index contributed by atoms with van der Waals surface area (Å²) in [5.41, 5.74) is 2.30. The van der Waals surface area contributed by atoms with Gasteiger partial charge in [-0.25, -0.2) is 0 Å². The van der Waals surface area contributed by atoms with Gasteiger partial charge in [-0.2, -0.15) is 0 Å². The third-order valence-corrected chi connectivity index (χ3v) is 4.94. The molecule has 0 amide bonds. The quantitative estimate of drug-likeness (QED) is 0.440. The van der Waals surface area contributed by atoms with Gasteiger partial charge in [0.2, 0.25) is 0 Å². The summed E-state index contributed by atoms with van der Waals surface area (Å²) in [7, 11) is 1.96. The van der Waals surface area contributed by atoms with E-state index >= 15 is 0 Å². The molecule has 0 N–H and O–H groups in total. The van der Waals surface area contributed by atoms with Gasteiger partial charge in [-0.1, -0.05) is 42.1 Å². The van der Waals surface area contributed by atoms with Crippen LogP contribution in [-0.2, 0) is 13.7 Å². The van der Waals surface area contributed by atoms with Crippen molar-refractivity contribution >= 4 is 11.8 Å². The van der Waals surface area contributed by atoms with Crippen LogP contribution in [0, 0.1) is 13.8 Å². The Morgan fingerprint density at radius 1 is 1.00 bits per heavy atom. The van der Waals surface area contributed by atoms with Crippen LogP contribution in [0.1, 0.15) is 17.0 Å². The highest BCUT2D eigenvalue weighted by molar-refractivity contribution is 7.99. The van der Waals surface area contributed by atoms with E-state index in [1.807, 2.05) is 54.9 Å². The van der Waals surface area contributed by atoms with Crippen LogP contribution < -0.4 is 9.47 Å². The fourth-order valence-corrected chi connectivity index (χ4v) is 3.16.